The van der Waals surface area contributed by atoms with Gasteiger partial charge in [0.2, 0.25) is 0 Å². The van der Waals surface area contributed by atoms with Gasteiger partial charge in [0, 0.05) is 17.2 Å². The molecule has 4 rings (SSSR count). The summed E-state index contributed by atoms with van der Waals surface area (Å²) in [4.78, 5) is 27.2. The van der Waals surface area contributed by atoms with E-state index in [4.69, 9.17) is 9.81 Å². The highest BCUT2D eigenvalue weighted by Gasteiger charge is 2.43. The Morgan fingerprint density at radius 1 is 0.964 bits per heavy atom. The largest absolute Gasteiger partial charge is 0.376 e. The van der Waals surface area contributed by atoms with Crippen LogP contribution in [-0.2, 0) is 14.4 Å². The van der Waals surface area contributed by atoms with Gasteiger partial charge >= 0.3 is 15.8 Å². The molecule has 10 heteroatoms. The van der Waals surface area contributed by atoms with Crippen LogP contribution < -0.4 is 0 Å². The zero-order chi connectivity index (χ0) is 20.1. The van der Waals surface area contributed by atoms with E-state index in [0.29, 0.717) is 0 Å². The quantitative estimate of drug-likeness (QED) is 0.471. The second kappa shape index (κ2) is 6.32. The van der Waals surface area contributed by atoms with E-state index < -0.39 is 32.9 Å². The van der Waals surface area contributed by atoms with Crippen molar-refractivity contribution in [2.45, 2.75) is 6.10 Å². The normalized spacial score (nSPS) is 18.5. The summed E-state index contributed by atoms with van der Waals surface area (Å²) in [6.45, 7) is 0. The number of aliphatic hydroxyl groups is 1. The number of aliphatic hydroxyl groups excluding tert-OH is 1. The summed E-state index contributed by atoms with van der Waals surface area (Å²) in [5.41, 5.74) is 9.07. The highest BCUT2D eigenvalue weighted by molar-refractivity contribution is 7.96. The number of carbonyl (C=O) groups excluding carboxylic acids is 2. The van der Waals surface area contributed by atoms with Crippen molar-refractivity contribution in [3.8, 4) is 0 Å². The molecular formula is C18H11N3O6S. The van der Waals surface area contributed by atoms with Crippen molar-refractivity contribution in [3.63, 3.8) is 0 Å². The van der Waals surface area contributed by atoms with Crippen LogP contribution in [0, 0.1) is 0 Å². The first-order chi connectivity index (χ1) is 13.3. The molecule has 0 saturated carbocycles. The van der Waals surface area contributed by atoms with Crippen LogP contribution in [0.15, 0.2) is 54.6 Å². The summed E-state index contributed by atoms with van der Waals surface area (Å²) in [6.07, 6.45) is -0.431. The molecular weight excluding hydrogens is 386 g/mol. The molecule has 1 heterocycles. The second-order valence-electron chi connectivity index (χ2n) is 6.00. The third-order valence-electron chi connectivity index (χ3n) is 4.39. The number of carbonyl (C=O) groups is 2. The van der Waals surface area contributed by atoms with Gasteiger partial charge in [-0.15, -0.1) is 9.35 Å². The van der Waals surface area contributed by atoms with Crippen LogP contribution in [-0.4, -0.2) is 40.9 Å². The molecule has 2 aromatic rings. The van der Waals surface area contributed by atoms with Crippen molar-refractivity contribution in [2.75, 3.05) is 0 Å². The highest BCUT2D eigenvalue weighted by Crippen LogP contribution is 2.36. The number of fused-ring (bicyclic) bond motifs is 2. The first-order valence-corrected chi connectivity index (χ1v) is 9.39. The van der Waals surface area contributed by atoms with Gasteiger partial charge in [0.15, 0.2) is 6.10 Å². The van der Waals surface area contributed by atoms with Crippen LogP contribution in [0.25, 0.3) is 10.4 Å². The van der Waals surface area contributed by atoms with Crippen LogP contribution in [0.2, 0.25) is 0 Å². The lowest BCUT2D eigenvalue weighted by Crippen LogP contribution is -2.33. The molecule has 140 valence electrons. The molecule has 0 fully saturated rings. The molecule has 1 aliphatic heterocycles. The monoisotopic (exact) mass is 397 g/mol. The summed E-state index contributed by atoms with van der Waals surface area (Å²) >= 11 is 0. The van der Waals surface area contributed by atoms with Gasteiger partial charge < -0.3 is 10.6 Å². The number of amides is 2. The topological polar surface area (TPSA) is 137 Å². The number of nitrogens with zero attached hydrogens (tertiary/aromatic N) is 3. The van der Waals surface area contributed by atoms with Crippen molar-refractivity contribution >= 4 is 32.5 Å². The van der Waals surface area contributed by atoms with E-state index in [9.17, 15) is 23.1 Å². The molecule has 0 bridgehead atoms. The lowest BCUT2D eigenvalue weighted by atomic mass is 9.93. The van der Waals surface area contributed by atoms with Crippen LogP contribution in [0.1, 0.15) is 37.9 Å². The summed E-state index contributed by atoms with van der Waals surface area (Å²) in [5, 5.41) is 10.4. The number of imide groups is 1. The van der Waals surface area contributed by atoms with Gasteiger partial charge in [0.25, 0.3) is 11.8 Å². The number of hydrogen-bond donors (Lipinski definition) is 1. The lowest BCUT2D eigenvalue weighted by molar-refractivity contribution is -0.0189. The van der Waals surface area contributed by atoms with E-state index in [1.54, 1.807) is 6.07 Å². The predicted molar refractivity (Wildman–Crippen MR) is 95.0 cm³/mol. The van der Waals surface area contributed by atoms with Crippen LogP contribution in [0.4, 0.5) is 0 Å². The maximum Gasteiger partial charge on any atom is 0.326 e. The highest BCUT2D eigenvalue weighted by atomic mass is 32.2. The molecule has 1 atom stereocenters. The van der Waals surface area contributed by atoms with Crippen LogP contribution in [0.5, 0.6) is 0 Å². The maximum absolute atomic E-state index is 12.9. The van der Waals surface area contributed by atoms with Crippen LogP contribution >= 0.6 is 0 Å². The molecule has 9 nitrogen and oxygen atoms in total. The van der Waals surface area contributed by atoms with Gasteiger partial charge in [0.05, 0.1) is 11.1 Å². The number of benzene rings is 2. The molecule has 2 amide bonds. The Kier molecular flexibility index (Phi) is 4.06. The molecule has 2 aliphatic rings. The molecule has 0 aromatic heterocycles. The smallest absolute Gasteiger partial charge is 0.326 e. The third kappa shape index (κ3) is 2.60. The molecule has 1 unspecified atom stereocenters. The Bertz CT molecular complexity index is 1190. The average Bonchev–Trinajstić information content (AvgIpc) is 2.93. The van der Waals surface area contributed by atoms with Gasteiger partial charge in [-0.3, -0.25) is 9.59 Å². The zero-order valence-corrected chi connectivity index (χ0v) is 14.8. The Morgan fingerprint density at radius 2 is 1.50 bits per heavy atom. The van der Waals surface area contributed by atoms with Crippen molar-refractivity contribution < 1.29 is 32.2 Å². The zero-order valence-electron chi connectivity index (χ0n) is 14.0. The maximum atomic E-state index is 12.9. The van der Waals surface area contributed by atoms with Crippen molar-refractivity contribution in [2.24, 2.45) is 0 Å². The van der Waals surface area contributed by atoms with Crippen molar-refractivity contribution in [1.29, 1.82) is 0 Å². The Labute approximate surface area is 158 Å². The number of hydrogen-bond acceptors (Lipinski definition) is 6. The Balaban J connectivity index is 1.77. The van der Waals surface area contributed by atoms with E-state index >= 15 is 0 Å². The fraction of sp³-hybridized carbons (Fsp3) is 0.0556. The lowest BCUT2D eigenvalue weighted by Gasteiger charge is -2.20. The summed E-state index contributed by atoms with van der Waals surface area (Å²) in [5.74, 6) is -1.82. The fourth-order valence-electron chi connectivity index (χ4n) is 3.07. The van der Waals surface area contributed by atoms with Gasteiger partial charge in [-0.2, -0.15) is 13.2 Å². The van der Waals surface area contributed by atoms with Crippen LogP contribution in [0.3, 0.4) is 0 Å². The Hall–Kier alpha value is -3.43. The molecule has 0 spiro atoms. The van der Waals surface area contributed by atoms with Gasteiger partial charge in [-0.1, -0.05) is 36.4 Å². The van der Waals surface area contributed by atoms with E-state index in [2.05, 4.69) is 4.79 Å². The first-order valence-electron chi connectivity index (χ1n) is 7.98. The molecule has 1 aliphatic carbocycles. The Morgan fingerprint density at radius 3 is 2.07 bits per heavy atom. The van der Waals surface area contributed by atoms with Crippen molar-refractivity contribution in [3.05, 3.63) is 82.4 Å². The van der Waals surface area contributed by atoms with Gasteiger partial charge in [-0.05, 0) is 12.1 Å². The minimum absolute atomic E-state index is 0.0220. The first kappa shape index (κ1) is 18.0. The van der Waals surface area contributed by atoms with Gasteiger partial charge in [-0.25, -0.2) is 0 Å². The number of rotatable bonds is 3. The third-order valence-corrected chi connectivity index (χ3v) is 5.62. The summed E-state index contributed by atoms with van der Waals surface area (Å²) in [7, 11) is -4.69. The molecule has 28 heavy (non-hydrogen) atoms. The molecule has 2 aromatic carbocycles. The van der Waals surface area contributed by atoms with Crippen molar-refractivity contribution in [1.82, 2.24) is 5.06 Å². The van der Waals surface area contributed by atoms with Gasteiger partial charge in [0.1, 0.15) is 4.91 Å². The standard InChI is InChI=1S/C18H11N3O6S/c19-20-14-9-15(10-5-1-2-6-11(10)16(14)22)28(25,26)27-21-17(23)12-7-3-4-8-13(12)18(21)24/h1-9,16,22H. The van der Waals surface area contributed by atoms with E-state index in [1.807, 2.05) is 0 Å². The minimum atomic E-state index is -4.69. The average molecular weight is 397 g/mol. The summed E-state index contributed by atoms with van der Waals surface area (Å²) < 4.78 is 30.6. The molecule has 1 N–H and O–H groups in total. The van der Waals surface area contributed by atoms with E-state index in [1.165, 1.54) is 42.5 Å². The van der Waals surface area contributed by atoms with E-state index in [0.717, 1.165) is 6.08 Å². The number of hydroxylamine groups is 2. The molecule has 0 saturated heterocycles. The summed E-state index contributed by atoms with van der Waals surface area (Å²) in [6, 6.07) is 11.8. The fourth-order valence-corrected chi connectivity index (χ4v) is 4.21. The predicted octanol–water partition coefficient (Wildman–Crippen LogP) is 1.30. The SMILES string of the molecule is [N-]=[N+]=C1C=C(S(=O)(=O)ON2C(=O)c3ccccc3C2=O)c2ccccc2C1O. The molecule has 0 radical (unpaired) electrons. The minimum Gasteiger partial charge on any atom is -0.376 e. The van der Waals surface area contributed by atoms with E-state index in [-0.39, 0.29) is 33.0 Å². The second-order valence-corrected chi connectivity index (χ2v) is 7.50.